The van der Waals surface area contributed by atoms with E-state index in [1.54, 1.807) is 0 Å². The molecule has 1 N–H and O–H groups in total. The molecule has 0 aromatic heterocycles. The van der Waals surface area contributed by atoms with E-state index in [9.17, 15) is 0 Å². The van der Waals surface area contributed by atoms with Crippen LogP contribution in [0.15, 0.2) is 18.2 Å². The second-order valence-corrected chi connectivity index (χ2v) is 4.00. The van der Waals surface area contributed by atoms with Crippen LogP contribution in [0.3, 0.4) is 0 Å². The van der Waals surface area contributed by atoms with Crippen molar-refractivity contribution in [3.05, 3.63) is 29.3 Å². The summed E-state index contributed by atoms with van der Waals surface area (Å²) in [5.74, 6) is 0.919. The summed E-state index contributed by atoms with van der Waals surface area (Å²) in [5.41, 5.74) is 2.04. The highest BCUT2D eigenvalue weighted by Crippen LogP contribution is 2.34. The van der Waals surface area contributed by atoms with Crippen LogP contribution in [0.5, 0.6) is 5.75 Å². The van der Waals surface area contributed by atoms with Gasteiger partial charge in [-0.25, -0.2) is 0 Å². The van der Waals surface area contributed by atoms with Crippen LogP contribution in [0.1, 0.15) is 31.9 Å². The second-order valence-electron chi connectivity index (χ2n) is 4.00. The number of aryl methyl sites for hydroxylation is 1. The maximum absolute atomic E-state index is 9.14. The zero-order chi connectivity index (χ0) is 11.5. The minimum Gasteiger partial charge on any atom is -0.485 e. The second kappa shape index (κ2) is 4.67. The number of aliphatic hydroxyl groups is 1. The molecular weight excluding hydrogens is 188 g/mol. The van der Waals surface area contributed by atoms with Crippen molar-refractivity contribution >= 4 is 0 Å². The fourth-order valence-electron chi connectivity index (χ4n) is 1.74. The smallest absolute Gasteiger partial charge is 0.133 e. The van der Waals surface area contributed by atoms with E-state index in [1.165, 1.54) is 11.1 Å². The van der Waals surface area contributed by atoms with Crippen molar-refractivity contribution in [2.45, 2.75) is 39.7 Å². The third-order valence-corrected chi connectivity index (χ3v) is 2.47. The van der Waals surface area contributed by atoms with Gasteiger partial charge in [-0.3, -0.25) is 0 Å². The highest BCUT2D eigenvalue weighted by atomic mass is 16.5. The van der Waals surface area contributed by atoms with Gasteiger partial charge in [0, 0.05) is 6.42 Å². The van der Waals surface area contributed by atoms with Crippen molar-refractivity contribution < 1.29 is 9.84 Å². The number of benzene rings is 1. The van der Waals surface area contributed by atoms with Gasteiger partial charge in [-0.2, -0.15) is 0 Å². The van der Waals surface area contributed by atoms with Crippen molar-refractivity contribution in [2.24, 2.45) is 0 Å². The van der Waals surface area contributed by atoms with E-state index in [4.69, 9.17) is 9.84 Å². The predicted molar refractivity (Wildman–Crippen MR) is 62.3 cm³/mol. The first-order chi connectivity index (χ1) is 7.13. The first-order valence-corrected chi connectivity index (χ1v) is 5.52. The monoisotopic (exact) mass is 208 g/mol. The van der Waals surface area contributed by atoms with Crippen LogP contribution in [0.4, 0.5) is 0 Å². The van der Waals surface area contributed by atoms with E-state index in [-0.39, 0.29) is 6.61 Å². The summed E-state index contributed by atoms with van der Waals surface area (Å²) in [5, 5.41) is 9.14. The number of hydrogen-bond donors (Lipinski definition) is 1. The quantitative estimate of drug-likeness (QED) is 0.769. The number of fused-ring (bicyclic) bond motifs is 1. The van der Waals surface area contributed by atoms with E-state index in [1.807, 2.05) is 32.9 Å². The minimum atomic E-state index is -0.407. The van der Waals surface area contributed by atoms with Gasteiger partial charge in [-0.1, -0.05) is 31.5 Å². The number of ether oxygens (including phenoxy) is 1. The van der Waals surface area contributed by atoms with Crippen LogP contribution < -0.4 is 4.74 Å². The summed E-state index contributed by atoms with van der Waals surface area (Å²) in [6.07, 6.45) is 0.806. The topological polar surface area (TPSA) is 29.5 Å². The molecule has 1 aromatic rings. The van der Waals surface area contributed by atoms with Crippen molar-refractivity contribution in [1.29, 1.82) is 0 Å². The largest absolute Gasteiger partial charge is 0.485 e. The lowest BCUT2D eigenvalue weighted by Gasteiger charge is -2.20. The molecule has 0 amide bonds. The molecule has 0 saturated carbocycles. The first-order valence-electron chi connectivity index (χ1n) is 5.52. The maximum Gasteiger partial charge on any atom is 0.133 e. The summed E-state index contributed by atoms with van der Waals surface area (Å²) in [6.45, 7) is 8.07. The molecule has 1 heterocycles. The predicted octanol–water partition coefficient (Wildman–Crippen LogP) is 2.71. The molecule has 15 heavy (non-hydrogen) atoms. The Balaban J connectivity index is 0.000000531. The van der Waals surface area contributed by atoms with Crippen LogP contribution in [0, 0.1) is 6.92 Å². The lowest BCUT2D eigenvalue weighted by Crippen LogP contribution is -2.34. The first kappa shape index (κ1) is 12.1. The minimum absolute atomic E-state index is 0.0702. The molecule has 2 heteroatoms. The Labute approximate surface area is 91.9 Å². The zero-order valence-corrected chi connectivity index (χ0v) is 10.0. The van der Waals surface area contributed by atoms with Crippen LogP contribution in [0.25, 0.3) is 0 Å². The fraction of sp³-hybridized carbons (Fsp3) is 0.538. The van der Waals surface area contributed by atoms with Gasteiger partial charge in [0.05, 0.1) is 6.61 Å². The number of rotatable bonds is 1. The Morgan fingerprint density at radius 2 is 2.07 bits per heavy atom. The molecule has 84 valence electrons. The Kier molecular flexibility index (Phi) is 3.75. The van der Waals surface area contributed by atoms with E-state index < -0.39 is 5.60 Å². The Bertz CT molecular complexity index is 333. The average molecular weight is 208 g/mol. The van der Waals surface area contributed by atoms with E-state index in [0.29, 0.717) is 0 Å². The lowest BCUT2D eigenvalue weighted by molar-refractivity contribution is 0.0446. The summed E-state index contributed by atoms with van der Waals surface area (Å²) >= 11 is 0. The van der Waals surface area contributed by atoms with Crippen molar-refractivity contribution in [2.75, 3.05) is 6.61 Å². The Morgan fingerprint density at radius 1 is 1.40 bits per heavy atom. The molecule has 1 aromatic carbocycles. The third kappa shape index (κ3) is 2.51. The lowest BCUT2D eigenvalue weighted by atomic mass is 9.99. The van der Waals surface area contributed by atoms with Crippen LogP contribution in [-0.2, 0) is 6.42 Å². The van der Waals surface area contributed by atoms with Gasteiger partial charge in [0.2, 0.25) is 0 Å². The summed E-state index contributed by atoms with van der Waals surface area (Å²) in [6, 6.07) is 6.13. The van der Waals surface area contributed by atoms with Gasteiger partial charge in [0.1, 0.15) is 11.4 Å². The highest BCUT2D eigenvalue weighted by molar-refractivity contribution is 5.41. The molecule has 1 unspecified atom stereocenters. The van der Waals surface area contributed by atoms with Gasteiger partial charge >= 0.3 is 0 Å². The molecule has 0 spiro atoms. The van der Waals surface area contributed by atoms with E-state index in [0.717, 1.165) is 12.2 Å². The van der Waals surface area contributed by atoms with Gasteiger partial charge in [0.15, 0.2) is 0 Å². The SMILES string of the molecule is CC.Cc1ccc2c(c1)CC(C)(CO)O2. The molecule has 1 aliphatic heterocycles. The summed E-state index contributed by atoms with van der Waals surface area (Å²) in [4.78, 5) is 0. The molecule has 1 aliphatic rings. The van der Waals surface area contributed by atoms with Gasteiger partial charge in [-0.05, 0) is 25.5 Å². The average Bonchev–Trinajstić information content (AvgIpc) is 2.58. The summed E-state index contributed by atoms with van der Waals surface area (Å²) < 4.78 is 5.65. The molecule has 1 atom stereocenters. The molecule has 0 bridgehead atoms. The normalized spacial score (nSPS) is 22.5. The van der Waals surface area contributed by atoms with E-state index >= 15 is 0 Å². The molecule has 0 aliphatic carbocycles. The maximum atomic E-state index is 9.14. The van der Waals surface area contributed by atoms with Crippen molar-refractivity contribution in [1.82, 2.24) is 0 Å². The highest BCUT2D eigenvalue weighted by Gasteiger charge is 2.33. The molecule has 0 saturated heterocycles. The zero-order valence-electron chi connectivity index (χ0n) is 10.0. The van der Waals surface area contributed by atoms with Crippen molar-refractivity contribution in [3.8, 4) is 5.75 Å². The Hall–Kier alpha value is -1.02. The van der Waals surface area contributed by atoms with E-state index in [2.05, 4.69) is 13.0 Å². The number of hydrogen-bond acceptors (Lipinski definition) is 2. The molecule has 2 nitrogen and oxygen atoms in total. The van der Waals surface area contributed by atoms with Crippen LogP contribution in [-0.4, -0.2) is 17.3 Å². The molecular formula is C13H20O2. The molecule has 0 radical (unpaired) electrons. The van der Waals surface area contributed by atoms with Crippen LogP contribution >= 0.6 is 0 Å². The fourth-order valence-corrected chi connectivity index (χ4v) is 1.74. The van der Waals surface area contributed by atoms with Gasteiger partial charge in [0.25, 0.3) is 0 Å². The van der Waals surface area contributed by atoms with Crippen LogP contribution in [0.2, 0.25) is 0 Å². The number of aliphatic hydroxyl groups excluding tert-OH is 1. The third-order valence-electron chi connectivity index (χ3n) is 2.47. The Morgan fingerprint density at radius 3 is 2.67 bits per heavy atom. The molecule has 2 rings (SSSR count). The summed E-state index contributed by atoms with van der Waals surface area (Å²) in [7, 11) is 0. The standard InChI is InChI=1S/C11H14O2.C2H6/c1-8-3-4-10-9(5-8)6-11(2,7-12)13-10;1-2/h3-5,12H,6-7H2,1-2H3;1-2H3. The van der Waals surface area contributed by atoms with Gasteiger partial charge < -0.3 is 9.84 Å². The van der Waals surface area contributed by atoms with Gasteiger partial charge in [-0.15, -0.1) is 0 Å². The van der Waals surface area contributed by atoms with Crippen molar-refractivity contribution in [3.63, 3.8) is 0 Å². The molecule has 0 fully saturated rings.